The number of nitrogens with zero attached hydrogens (tertiary/aromatic N) is 1. The van der Waals surface area contributed by atoms with Crippen molar-refractivity contribution < 1.29 is 23.4 Å². The third-order valence-electron chi connectivity index (χ3n) is 6.89. The molecule has 0 aliphatic carbocycles. The van der Waals surface area contributed by atoms with Crippen molar-refractivity contribution in [2.45, 2.75) is 69.4 Å². The predicted molar refractivity (Wildman–Crippen MR) is 158 cm³/mol. The summed E-state index contributed by atoms with van der Waals surface area (Å²) in [6.45, 7) is 6.59. The van der Waals surface area contributed by atoms with Gasteiger partial charge in [0.15, 0.2) is 0 Å². The molecule has 0 saturated carbocycles. The van der Waals surface area contributed by atoms with Gasteiger partial charge in [-0.15, -0.1) is 11.3 Å². The molecule has 0 spiro atoms. The van der Waals surface area contributed by atoms with Gasteiger partial charge in [0.1, 0.15) is 0 Å². The summed E-state index contributed by atoms with van der Waals surface area (Å²) in [5, 5.41) is 25.1. The number of β-amino-alcohol motifs (C(OH)–C–C–N with tert-alkyl or cyclic N) is 1. The first-order valence-corrected chi connectivity index (χ1v) is 15.5. The second-order valence-corrected chi connectivity index (χ2v) is 13.8. The number of nitrogens with one attached hydrogen (secondary N) is 1. The van der Waals surface area contributed by atoms with E-state index in [-0.39, 0.29) is 29.9 Å². The minimum absolute atomic E-state index is 0.0330. The van der Waals surface area contributed by atoms with Crippen LogP contribution >= 0.6 is 11.3 Å². The van der Waals surface area contributed by atoms with E-state index in [0.29, 0.717) is 6.42 Å². The fourth-order valence-electron chi connectivity index (χ4n) is 4.47. The maximum Gasteiger partial charge on any atom is 0.303 e. The van der Waals surface area contributed by atoms with Gasteiger partial charge in [-0.2, -0.15) is 4.31 Å². The summed E-state index contributed by atoms with van der Waals surface area (Å²) in [5.74, 6) is -0.860. The molecule has 3 aromatic rings. The van der Waals surface area contributed by atoms with Crippen LogP contribution in [0.1, 0.15) is 49.1 Å². The quantitative estimate of drug-likeness (QED) is 0.234. The molecule has 0 saturated heterocycles. The Kier molecular flexibility index (Phi) is 10.9. The summed E-state index contributed by atoms with van der Waals surface area (Å²) in [7, 11) is -2.35. The highest BCUT2D eigenvalue weighted by Crippen LogP contribution is 2.26. The van der Waals surface area contributed by atoms with Gasteiger partial charge in [-0.1, -0.05) is 36.4 Å². The summed E-state index contributed by atoms with van der Waals surface area (Å²) in [6, 6.07) is 16.3. The van der Waals surface area contributed by atoms with E-state index in [1.165, 1.54) is 21.8 Å². The Bertz CT molecular complexity index is 1350. The van der Waals surface area contributed by atoms with Gasteiger partial charge in [0.2, 0.25) is 10.0 Å². The van der Waals surface area contributed by atoms with E-state index in [4.69, 9.17) is 5.11 Å². The van der Waals surface area contributed by atoms with Crippen molar-refractivity contribution in [2.75, 3.05) is 20.1 Å². The lowest BCUT2D eigenvalue weighted by Crippen LogP contribution is -2.46. The molecule has 0 aliphatic heterocycles. The number of likely N-dealkylation sites (N-methyl/N-ethyl adjacent to an activating group) is 1. The number of hydrogen-bond acceptors (Lipinski definition) is 6. The molecule has 2 aromatic carbocycles. The zero-order valence-electron chi connectivity index (χ0n) is 23.2. The smallest absolute Gasteiger partial charge is 0.303 e. The van der Waals surface area contributed by atoms with E-state index in [1.54, 1.807) is 29.5 Å². The molecule has 0 unspecified atom stereocenters. The fourth-order valence-corrected chi connectivity index (χ4v) is 6.67. The first-order valence-electron chi connectivity index (χ1n) is 13.2. The predicted octanol–water partition coefficient (Wildman–Crippen LogP) is 5.11. The molecule has 0 amide bonds. The minimum Gasteiger partial charge on any atom is -0.481 e. The van der Waals surface area contributed by atoms with Crippen molar-refractivity contribution in [1.29, 1.82) is 0 Å². The van der Waals surface area contributed by atoms with Crippen molar-refractivity contribution in [3.05, 3.63) is 76.0 Å². The number of hydrogen-bond donors (Lipinski definition) is 3. The lowest BCUT2D eigenvalue weighted by Gasteiger charge is -2.29. The molecule has 0 fully saturated rings. The molecule has 0 radical (unpaired) electrons. The zero-order chi connectivity index (χ0) is 28.6. The van der Waals surface area contributed by atoms with Crippen LogP contribution in [0.15, 0.2) is 64.9 Å². The van der Waals surface area contributed by atoms with Gasteiger partial charge >= 0.3 is 5.97 Å². The second-order valence-electron chi connectivity index (χ2n) is 10.7. The summed E-state index contributed by atoms with van der Waals surface area (Å²) in [5.41, 5.74) is 3.57. The Morgan fingerprint density at radius 3 is 2.44 bits per heavy atom. The highest BCUT2D eigenvalue weighted by molar-refractivity contribution is 7.89. The number of sulfonamides is 1. The SMILES string of the molecule is Cc1ccsc1CCCC(C)(C)NC[C@@H](O)CN(C)S(=O)(=O)c1cccc(-c2cccc(CCC(=O)O)c2)c1. The van der Waals surface area contributed by atoms with Crippen molar-refractivity contribution in [3.8, 4) is 11.1 Å². The van der Waals surface area contributed by atoms with Gasteiger partial charge in [0, 0.05) is 37.0 Å². The number of benzene rings is 2. The second kappa shape index (κ2) is 13.7. The maximum absolute atomic E-state index is 13.3. The molecule has 1 aromatic heterocycles. The first-order chi connectivity index (χ1) is 18.4. The van der Waals surface area contributed by atoms with Gasteiger partial charge in [0.25, 0.3) is 0 Å². The first kappa shape index (κ1) is 31.0. The van der Waals surface area contributed by atoms with E-state index < -0.39 is 22.1 Å². The van der Waals surface area contributed by atoms with E-state index >= 15 is 0 Å². The Labute approximate surface area is 236 Å². The third kappa shape index (κ3) is 9.25. The number of aliphatic carboxylic acids is 1. The van der Waals surface area contributed by atoms with Gasteiger partial charge in [-0.3, -0.25) is 4.79 Å². The standard InChI is InChI=1S/C30H40N2O5S2/c1-22-15-17-38-28(22)12-7-16-30(2,3)31-20-26(33)21-32(4)39(36,37)27-11-6-10-25(19-27)24-9-5-8-23(18-24)13-14-29(34)35/h5-6,8-11,15,17-19,26,31,33H,7,12-14,16,20-21H2,1-4H3,(H,34,35)/t26-/m1/s1. The van der Waals surface area contributed by atoms with E-state index in [9.17, 15) is 18.3 Å². The Hall–Kier alpha value is -2.56. The lowest BCUT2D eigenvalue weighted by molar-refractivity contribution is -0.136. The van der Waals surface area contributed by atoms with Crippen molar-refractivity contribution in [1.82, 2.24) is 9.62 Å². The average Bonchev–Trinajstić information content (AvgIpc) is 3.30. The van der Waals surface area contributed by atoms with Crippen LogP contribution in [0.3, 0.4) is 0 Å². The molecule has 0 bridgehead atoms. The molecule has 0 aliphatic rings. The van der Waals surface area contributed by atoms with Crippen LogP contribution in [-0.4, -0.2) is 60.7 Å². The Morgan fingerprint density at radius 2 is 1.77 bits per heavy atom. The Morgan fingerprint density at radius 1 is 1.08 bits per heavy atom. The average molecular weight is 573 g/mol. The Balaban J connectivity index is 1.57. The lowest BCUT2D eigenvalue weighted by atomic mass is 9.96. The highest BCUT2D eigenvalue weighted by atomic mass is 32.2. The van der Waals surface area contributed by atoms with Crippen LogP contribution in [0.4, 0.5) is 0 Å². The normalized spacial score (nSPS) is 13.1. The maximum atomic E-state index is 13.3. The van der Waals surface area contributed by atoms with Crippen LogP contribution < -0.4 is 5.32 Å². The summed E-state index contributed by atoms with van der Waals surface area (Å²) in [4.78, 5) is 12.5. The molecule has 3 N–H and O–H groups in total. The molecule has 7 nitrogen and oxygen atoms in total. The van der Waals surface area contributed by atoms with Crippen molar-refractivity contribution >= 4 is 27.3 Å². The van der Waals surface area contributed by atoms with E-state index in [1.807, 2.05) is 30.3 Å². The number of aryl methyl sites for hydroxylation is 3. The van der Waals surface area contributed by atoms with Crippen LogP contribution in [0.25, 0.3) is 11.1 Å². The number of aliphatic hydroxyl groups is 1. The van der Waals surface area contributed by atoms with Crippen molar-refractivity contribution in [3.63, 3.8) is 0 Å². The third-order valence-corrected chi connectivity index (χ3v) is 9.79. The molecule has 1 heterocycles. The van der Waals surface area contributed by atoms with Crippen LogP contribution in [0.2, 0.25) is 0 Å². The van der Waals surface area contributed by atoms with Gasteiger partial charge in [-0.05, 0) is 92.3 Å². The minimum atomic E-state index is -3.82. The molecule has 1 atom stereocenters. The fraction of sp³-hybridized carbons (Fsp3) is 0.433. The summed E-state index contributed by atoms with van der Waals surface area (Å²) < 4.78 is 27.8. The number of carbonyl (C=O) groups is 1. The number of aliphatic hydroxyl groups excluding tert-OH is 1. The monoisotopic (exact) mass is 572 g/mol. The molecular weight excluding hydrogens is 532 g/mol. The van der Waals surface area contributed by atoms with Gasteiger partial charge in [-0.25, -0.2) is 8.42 Å². The van der Waals surface area contributed by atoms with E-state index in [0.717, 1.165) is 36.0 Å². The largest absolute Gasteiger partial charge is 0.481 e. The summed E-state index contributed by atoms with van der Waals surface area (Å²) >= 11 is 1.79. The van der Waals surface area contributed by atoms with Gasteiger partial charge < -0.3 is 15.5 Å². The molecule has 9 heteroatoms. The van der Waals surface area contributed by atoms with Crippen LogP contribution in [-0.2, 0) is 27.7 Å². The van der Waals surface area contributed by atoms with E-state index in [2.05, 4.69) is 37.5 Å². The number of rotatable bonds is 15. The number of carboxylic acids is 1. The molecular formula is C30H40N2O5S2. The molecule has 3 rings (SSSR count). The summed E-state index contributed by atoms with van der Waals surface area (Å²) in [6.07, 6.45) is 2.58. The van der Waals surface area contributed by atoms with Crippen LogP contribution in [0.5, 0.6) is 0 Å². The zero-order valence-corrected chi connectivity index (χ0v) is 24.8. The topological polar surface area (TPSA) is 107 Å². The highest BCUT2D eigenvalue weighted by Gasteiger charge is 2.25. The number of carboxylic acid groups (broad SMARTS) is 1. The molecule has 212 valence electrons. The number of thiophene rings is 1. The van der Waals surface area contributed by atoms with Gasteiger partial charge in [0.05, 0.1) is 11.0 Å². The van der Waals surface area contributed by atoms with Crippen LogP contribution in [0, 0.1) is 6.92 Å². The molecule has 39 heavy (non-hydrogen) atoms. The van der Waals surface area contributed by atoms with Crippen molar-refractivity contribution in [2.24, 2.45) is 0 Å².